The van der Waals surface area contributed by atoms with Crippen LogP contribution in [0.5, 0.6) is 5.75 Å². The van der Waals surface area contributed by atoms with E-state index >= 15 is 0 Å². The quantitative estimate of drug-likeness (QED) is 0.371. The van der Waals surface area contributed by atoms with Crippen LogP contribution in [-0.2, 0) is 4.74 Å². The van der Waals surface area contributed by atoms with Crippen molar-refractivity contribution in [3.63, 3.8) is 0 Å². The molecule has 0 N–H and O–H groups in total. The van der Waals surface area contributed by atoms with Crippen LogP contribution in [0.4, 0.5) is 8.78 Å². The Bertz CT molecular complexity index is 1010. The van der Waals surface area contributed by atoms with Crippen molar-refractivity contribution in [2.45, 2.75) is 26.6 Å². The number of ketones is 1. The third-order valence-corrected chi connectivity index (χ3v) is 4.49. The number of Topliss-reactive ketones (excluding diaryl/α,β-unsaturated/α-hetero) is 1. The van der Waals surface area contributed by atoms with Gasteiger partial charge in [0.2, 0.25) is 5.78 Å². The summed E-state index contributed by atoms with van der Waals surface area (Å²) in [6, 6.07) is 19.2. The summed E-state index contributed by atoms with van der Waals surface area (Å²) in [5.74, 6) is -1.18. The summed E-state index contributed by atoms with van der Waals surface area (Å²) >= 11 is 0. The van der Waals surface area contributed by atoms with Crippen LogP contribution in [0, 0.1) is 13.8 Å². The maximum Gasteiger partial charge on any atom is 0.387 e. The van der Waals surface area contributed by atoms with Gasteiger partial charge in [-0.15, -0.1) is 0 Å². The second kappa shape index (κ2) is 9.31. The summed E-state index contributed by atoms with van der Waals surface area (Å²) < 4.78 is 34.4. The number of benzene rings is 3. The highest BCUT2D eigenvalue weighted by atomic mass is 19.3. The zero-order chi connectivity index (χ0) is 21.7. The molecule has 0 fully saturated rings. The number of rotatable bonds is 7. The van der Waals surface area contributed by atoms with Crippen LogP contribution in [-0.4, -0.2) is 18.4 Å². The van der Waals surface area contributed by atoms with Gasteiger partial charge in [-0.2, -0.15) is 8.78 Å². The number of carbonyl (C=O) groups is 2. The third kappa shape index (κ3) is 5.29. The van der Waals surface area contributed by atoms with Crippen LogP contribution >= 0.6 is 0 Å². The molecule has 0 bridgehead atoms. The summed E-state index contributed by atoms with van der Waals surface area (Å²) in [6.45, 7) is 0.865. The van der Waals surface area contributed by atoms with E-state index in [2.05, 4.69) is 4.74 Å². The summed E-state index contributed by atoms with van der Waals surface area (Å²) in [7, 11) is 0. The van der Waals surface area contributed by atoms with E-state index < -0.39 is 18.7 Å². The van der Waals surface area contributed by atoms with Gasteiger partial charge in [-0.25, -0.2) is 4.79 Å². The molecular weight excluding hydrogens is 390 g/mol. The van der Waals surface area contributed by atoms with Crippen molar-refractivity contribution in [3.8, 4) is 5.75 Å². The number of esters is 1. The molecule has 0 aliphatic rings. The number of hydrogen-bond acceptors (Lipinski definition) is 4. The Morgan fingerprint density at radius 3 is 1.77 bits per heavy atom. The highest BCUT2D eigenvalue weighted by Crippen LogP contribution is 2.25. The summed E-state index contributed by atoms with van der Waals surface area (Å²) in [6.07, 6.45) is -1.14. The van der Waals surface area contributed by atoms with Gasteiger partial charge < -0.3 is 9.47 Å². The lowest BCUT2D eigenvalue weighted by atomic mass is 9.98. The number of halogens is 2. The average molecular weight is 410 g/mol. The molecule has 0 aliphatic heterocycles. The Balaban J connectivity index is 1.86. The van der Waals surface area contributed by atoms with Gasteiger partial charge in [0.05, 0.1) is 5.56 Å². The van der Waals surface area contributed by atoms with Gasteiger partial charge in [0.1, 0.15) is 5.75 Å². The van der Waals surface area contributed by atoms with E-state index in [9.17, 15) is 18.4 Å². The fraction of sp³-hybridized carbons (Fsp3) is 0.167. The standard InChI is InChI=1S/C24H20F2O4/c1-15-3-7-17(8-4-15)21(27)22(18-9-5-16(2)6-10-18)30-23(28)19-11-13-20(14-12-19)29-24(25)26/h3-14,22,24H,1-2H3/t22-/m0/s1. The highest BCUT2D eigenvalue weighted by Gasteiger charge is 2.27. The first-order valence-corrected chi connectivity index (χ1v) is 9.27. The molecular formula is C24H20F2O4. The first-order valence-electron chi connectivity index (χ1n) is 9.27. The van der Waals surface area contributed by atoms with Gasteiger partial charge in [0, 0.05) is 11.1 Å². The topological polar surface area (TPSA) is 52.6 Å². The average Bonchev–Trinajstić information content (AvgIpc) is 2.73. The zero-order valence-corrected chi connectivity index (χ0v) is 16.5. The lowest BCUT2D eigenvalue weighted by Gasteiger charge is -2.18. The molecule has 154 valence electrons. The highest BCUT2D eigenvalue weighted by molar-refractivity contribution is 6.02. The van der Waals surface area contributed by atoms with Gasteiger partial charge in [-0.05, 0) is 38.1 Å². The van der Waals surface area contributed by atoms with E-state index in [4.69, 9.17) is 4.74 Å². The van der Waals surface area contributed by atoms with E-state index in [-0.39, 0.29) is 17.1 Å². The van der Waals surface area contributed by atoms with Gasteiger partial charge in [0.25, 0.3) is 0 Å². The monoisotopic (exact) mass is 410 g/mol. The van der Waals surface area contributed by atoms with Crippen molar-refractivity contribution in [2.75, 3.05) is 0 Å². The molecule has 4 nitrogen and oxygen atoms in total. The van der Waals surface area contributed by atoms with Crippen LogP contribution in [0.3, 0.4) is 0 Å². The summed E-state index contributed by atoms with van der Waals surface area (Å²) in [5.41, 5.74) is 3.07. The van der Waals surface area contributed by atoms with Crippen molar-refractivity contribution < 1.29 is 27.8 Å². The summed E-state index contributed by atoms with van der Waals surface area (Å²) in [4.78, 5) is 25.8. The maximum absolute atomic E-state index is 13.1. The van der Waals surface area contributed by atoms with Crippen molar-refractivity contribution >= 4 is 11.8 Å². The molecule has 0 aliphatic carbocycles. The summed E-state index contributed by atoms with van der Waals surface area (Å²) in [5, 5.41) is 0. The lowest BCUT2D eigenvalue weighted by Crippen LogP contribution is -2.20. The minimum atomic E-state index is -2.96. The molecule has 0 spiro atoms. The number of ether oxygens (including phenoxy) is 2. The Kier molecular flexibility index (Phi) is 6.57. The van der Waals surface area contributed by atoms with Crippen molar-refractivity contribution in [1.82, 2.24) is 0 Å². The smallest absolute Gasteiger partial charge is 0.387 e. The molecule has 0 saturated carbocycles. The van der Waals surface area contributed by atoms with E-state index in [1.54, 1.807) is 24.3 Å². The molecule has 0 aromatic heterocycles. The van der Waals surface area contributed by atoms with Crippen molar-refractivity contribution in [3.05, 3.63) is 101 Å². The van der Waals surface area contributed by atoms with Crippen LogP contribution in [0.2, 0.25) is 0 Å². The Morgan fingerprint density at radius 1 is 0.733 bits per heavy atom. The lowest BCUT2D eigenvalue weighted by molar-refractivity contribution is -0.0498. The molecule has 0 heterocycles. The van der Waals surface area contributed by atoms with E-state index in [0.717, 1.165) is 11.1 Å². The number of carbonyl (C=O) groups excluding carboxylic acids is 2. The van der Waals surface area contributed by atoms with Gasteiger partial charge in [-0.1, -0.05) is 59.7 Å². The normalized spacial score (nSPS) is 11.8. The number of alkyl halides is 2. The third-order valence-electron chi connectivity index (χ3n) is 4.49. The molecule has 1 atom stereocenters. The SMILES string of the molecule is Cc1ccc(C(=O)[C@@H](OC(=O)c2ccc(OC(F)F)cc2)c2ccc(C)cc2)cc1. The van der Waals surface area contributed by atoms with Crippen LogP contribution in [0.15, 0.2) is 72.8 Å². The van der Waals surface area contributed by atoms with Crippen LogP contribution in [0.1, 0.15) is 43.5 Å². The second-order valence-electron chi connectivity index (χ2n) is 6.83. The number of aryl methyl sites for hydroxylation is 2. The molecule has 6 heteroatoms. The fourth-order valence-electron chi connectivity index (χ4n) is 2.83. The molecule has 3 rings (SSSR count). The van der Waals surface area contributed by atoms with E-state index in [1.165, 1.54) is 24.3 Å². The Hall–Kier alpha value is -3.54. The maximum atomic E-state index is 13.1. The zero-order valence-electron chi connectivity index (χ0n) is 16.5. The second-order valence-corrected chi connectivity index (χ2v) is 6.83. The van der Waals surface area contributed by atoms with Crippen molar-refractivity contribution in [1.29, 1.82) is 0 Å². The fourth-order valence-corrected chi connectivity index (χ4v) is 2.83. The molecule has 0 unspecified atom stereocenters. The minimum Gasteiger partial charge on any atom is -0.445 e. The molecule has 0 radical (unpaired) electrons. The molecule has 0 amide bonds. The predicted molar refractivity (Wildman–Crippen MR) is 108 cm³/mol. The van der Waals surface area contributed by atoms with Gasteiger partial charge >= 0.3 is 12.6 Å². The van der Waals surface area contributed by atoms with Crippen molar-refractivity contribution in [2.24, 2.45) is 0 Å². The van der Waals surface area contributed by atoms with Crippen LogP contribution in [0.25, 0.3) is 0 Å². The molecule has 0 saturated heterocycles. The van der Waals surface area contributed by atoms with Gasteiger partial charge in [0.15, 0.2) is 6.10 Å². The minimum absolute atomic E-state index is 0.0765. The van der Waals surface area contributed by atoms with Crippen LogP contribution < -0.4 is 4.74 Å². The molecule has 30 heavy (non-hydrogen) atoms. The number of hydrogen-bond donors (Lipinski definition) is 0. The predicted octanol–water partition coefficient (Wildman–Crippen LogP) is 5.69. The molecule has 3 aromatic rings. The largest absolute Gasteiger partial charge is 0.445 e. The first kappa shape index (κ1) is 21.2. The first-order chi connectivity index (χ1) is 14.3. The van der Waals surface area contributed by atoms with E-state index in [0.29, 0.717) is 11.1 Å². The van der Waals surface area contributed by atoms with Gasteiger partial charge in [-0.3, -0.25) is 4.79 Å². The van der Waals surface area contributed by atoms with E-state index in [1.807, 2.05) is 38.1 Å². The molecule has 3 aromatic carbocycles. The Labute approximate surface area is 173 Å². The Morgan fingerprint density at radius 2 is 1.23 bits per heavy atom.